The monoisotopic (exact) mass is 240 g/mol. The number of hydrogen-bond donors (Lipinski definition) is 1. The molecule has 1 N–H and O–H groups in total. The molecule has 0 aliphatic carbocycles. The lowest BCUT2D eigenvalue weighted by Gasteiger charge is -2.27. The van der Waals surface area contributed by atoms with E-state index in [1.165, 1.54) is 0 Å². The van der Waals surface area contributed by atoms with E-state index in [4.69, 9.17) is 11.6 Å². The van der Waals surface area contributed by atoms with Crippen LogP contribution in [0.3, 0.4) is 0 Å². The molecule has 0 unspecified atom stereocenters. The molecule has 0 saturated heterocycles. The Morgan fingerprint density at radius 1 is 1.31 bits per heavy atom. The number of halogens is 1. The first-order valence-electron chi connectivity index (χ1n) is 5.73. The van der Waals surface area contributed by atoms with Crippen molar-refractivity contribution in [2.24, 2.45) is 11.3 Å². The van der Waals surface area contributed by atoms with Gasteiger partial charge < -0.3 is 5.11 Å². The van der Waals surface area contributed by atoms with E-state index in [9.17, 15) is 5.11 Å². The Morgan fingerprint density at radius 2 is 1.94 bits per heavy atom. The fourth-order valence-corrected chi connectivity index (χ4v) is 2.30. The summed E-state index contributed by atoms with van der Waals surface area (Å²) in [6.07, 6.45) is 0.554. The molecule has 0 aliphatic heterocycles. The van der Waals surface area contributed by atoms with Gasteiger partial charge >= 0.3 is 0 Å². The summed E-state index contributed by atoms with van der Waals surface area (Å²) in [6.45, 7) is 8.65. The highest BCUT2D eigenvalue weighted by molar-refractivity contribution is 6.30. The summed E-state index contributed by atoms with van der Waals surface area (Å²) < 4.78 is 0. The molecule has 0 saturated carbocycles. The van der Waals surface area contributed by atoms with Crippen LogP contribution in [0.4, 0.5) is 0 Å². The molecule has 0 spiro atoms. The van der Waals surface area contributed by atoms with Crippen LogP contribution in [0.1, 0.15) is 45.8 Å². The van der Waals surface area contributed by atoms with Crippen LogP contribution in [-0.2, 0) is 0 Å². The molecule has 0 aliphatic rings. The molecule has 1 aromatic carbocycles. The normalized spacial score (nSPS) is 15.9. The van der Waals surface area contributed by atoms with E-state index >= 15 is 0 Å². The summed E-state index contributed by atoms with van der Waals surface area (Å²) in [5, 5.41) is 10.9. The van der Waals surface area contributed by atoms with E-state index in [0.717, 1.165) is 12.0 Å². The zero-order valence-corrected chi connectivity index (χ0v) is 11.3. The lowest BCUT2D eigenvalue weighted by atomic mass is 9.81. The third-order valence-electron chi connectivity index (χ3n) is 2.66. The summed E-state index contributed by atoms with van der Waals surface area (Å²) in [4.78, 5) is 0. The molecule has 1 aromatic rings. The molecule has 1 rings (SSSR count). The second-order valence-corrected chi connectivity index (χ2v) is 6.18. The topological polar surface area (TPSA) is 20.2 Å². The highest BCUT2D eigenvalue weighted by atomic mass is 35.5. The van der Waals surface area contributed by atoms with Crippen LogP contribution >= 0.6 is 11.6 Å². The van der Waals surface area contributed by atoms with Crippen LogP contribution in [0, 0.1) is 11.3 Å². The Morgan fingerprint density at radius 3 is 2.44 bits per heavy atom. The smallest absolute Gasteiger partial charge is 0.0816 e. The molecule has 1 nitrogen and oxygen atoms in total. The van der Waals surface area contributed by atoms with Crippen molar-refractivity contribution < 1.29 is 5.11 Å². The number of benzene rings is 1. The lowest BCUT2D eigenvalue weighted by Crippen LogP contribution is -2.17. The standard InChI is InChI=1S/C14H21ClO/c1-10(9-14(2,3)4)13(16)11-6-5-7-12(15)8-11/h5-8,10,13,16H,9H2,1-4H3/t10-,13+/m0/s1. The van der Waals surface area contributed by atoms with Gasteiger partial charge in [-0.15, -0.1) is 0 Å². The van der Waals surface area contributed by atoms with Gasteiger partial charge in [0.15, 0.2) is 0 Å². The zero-order valence-electron chi connectivity index (χ0n) is 10.5. The summed E-state index contributed by atoms with van der Waals surface area (Å²) in [7, 11) is 0. The van der Waals surface area contributed by atoms with Gasteiger partial charge in [0, 0.05) is 5.02 Å². The SMILES string of the molecule is C[C@@H](CC(C)(C)C)[C@@H](O)c1cccc(Cl)c1. The molecule has 0 heterocycles. The summed E-state index contributed by atoms with van der Waals surface area (Å²) in [5.41, 5.74) is 1.14. The maximum atomic E-state index is 10.2. The zero-order chi connectivity index (χ0) is 12.3. The van der Waals surface area contributed by atoms with Gasteiger partial charge in [0.2, 0.25) is 0 Å². The van der Waals surface area contributed by atoms with E-state index in [2.05, 4.69) is 27.7 Å². The molecule has 2 atom stereocenters. The molecule has 2 heteroatoms. The van der Waals surface area contributed by atoms with E-state index < -0.39 is 6.10 Å². The molecular formula is C14H21ClO. The van der Waals surface area contributed by atoms with Crippen molar-refractivity contribution in [2.45, 2.75) is 40.2 Å². The third-order valence-corrected chi connectivity index (χ3v) is 2.90. The minimum Gasteiger partial charge on any atom is -0.388 e. The highest BCUT2D eigenvalue weighted by Crippen LogP contribution is 2.33. The van der Waals surface area contributed by atoms with Crippen molar-refractivity contribution in [2.75, 3.05) is 0 Å². The Hall–Kier alpha value is -0.530. The second kappa shape index (κ2) is 5.20. The maximum Gasteiger partial charge on any atom is 0.0816 e. The van der Waals surface area contributed by atoms with E-state index in [1.54, 1.807) is 0 Å². The van der Waals surface area contributed by atoms with Crippen molar-refractivity contribution in [3.63, 3.8) is 0 Å². The number of hydrogen-bond acceptors (Lipinski definition) is 1. The van der Waals surface area contributed by atoms with Gasteiger partial charge in [-0.3, -0.25) is 0 Å². The average Bonchev–Trinajstić information content (AvgIpc) is 2.14. The van der Waals surface area contributed by atoms with Gasteiger partial charge in [0.05, 0.1) is 6.10 Å². The fraction of sp³-hybridized carbons (Fsp3) is 0.571. The van der Waals surface area contributed by atoms with Crippen molar-refractivity contribution in [3.8, 4) is 0 Å². The van der Waals surface area contributed by atoms with Crippen LogP contribution in [-0.4, -0.2) is 5.11 Å². The molecule has 16 heavy (non-hydrogen) atoms. The predicted octanol–water partition coefficient (Wildman–Crippen LogP) is 4.45. The van der Waals surface area contributed by atoms with Crippen molar-refractivity contribution in [1.29, 1.82) is 0 Å². The largest absolute Gasteiger partial charge is 0.388 e. The quantitative estimate of drug-likeness (QED) is 0.828. The van der Waals surface area contributed by atoms with Gasteiger partial charge in [-0.1, -0.05) is 51.4 Å². The Bertz CT molecular complexity index is 341. The summed E-state index contributed by atoms with van der Waals surface area (Å²) >= 11 is 5.92. The molecule has 0 bridgehead atoms. The van der Waals surface area contributed by atoms with Crippen molar-refractivity contribution in [3.05, 3.63) is 34.9 Å². The summed E-state index contributed by atoms with van der Waals surface area (Å²) in [5.74, 6) is 0.235. The van der Waals surface area contributed by atoms with Crippen molar-refractivity contribution in [1.82, 2.24) is 0 Å². The van der Waals surface area contributed by atoms with Gasteiger partial charge in [0.1, 0.15) is 0 Å². The molecule has 90 valence electrons. The molecular weight excluding hydrogens is 220 g/mol. The van der Waals surface area contributed by atoms with Crippen LogP contribution in [0.15, 0.2) is 24.3 Å². The lowest BCUT2D eigenvalue weighted by molar-refractivity contribution is 0.0912. The molecule has 0 amide bonds. The van der Waals surface area contributed by atoms with Crippen LogP contribution < -0.4 is 0 Å². The Labute approximate surface area is 103 Å². The number of rotatable bonds is 3. The third kappa shape index (κ3) is 4.15. The number of aliphatic hydroxyl groups is 1. The van der Waals surface area contributed by atoms with Crippen molar-refractivity contribution >= 4 is 11.6 Å². The maximum absolute atomic E-state index is 10.2. The highest BCUT2D eigenvalue weighted by Gasteiger charge is 2.22. The van der Waals surface area contributed by atoms with Crippen LogP contribution in [0.2, 0.25) is 5.02 Å². The van der Waals surface area contributed by atoms with Crippen LogP contribution in [0.5, 0.6) is 0 Å². The first-order valence-corrected chi connectivity index (χ1v) is 6.11. The molecule has 0 aromatic heterocycles. The molecule has 0 radical (unpaired) electrons. The van der Waals surface area contributed by atoms with E-state index in [1.807, 2.05) is 24.3 Å². The Kier molecular flexibility index (Phi) is 4.40. The Balaban J connectivity index is 2.74. The summed E-state index contributed by atoms with van der Waals surface area (Å²) in [6, 6.07) is 7.47. The van der Waals surface area contributed by atoms with E-state index in [0.29, 0.717) is 5.02 Å². The molecule has 0 fully saturated rings. The minimum absolute atomic E-state index is 0.235. The first kappa shape index (κ1) is 13.5. The van der Waals surface area contributed by atoms with Gasteiger partial charge in [0.25, 0.3) is 0 Å². The second-order valence-electron chi connectivity index (χ2n) is 5.74. The van der Waals surface area contributed by atoms with Gasteiger partial charge in [-0.05, 0) is 35.4 Å². The first-order chi connectivity index (χ1) is 7.29. The van der Waals surface area contributed by atoms with Crippen LogP contribution in [0.25, 0.3) is 0 Å². The average molecular weight is 241 g/mol. The van der Waals surface area contributed by atoms with Gasteiger partial charge in [-0.25, -0.2) is 0 Å². The minimum atomic E-state index is -0.432. The number of aliphatic hydroxyl groups excluding tert-OH is 1. The predicted molar refractivity (Wildman–Crippen MR) is 69.6 cm³/mol. The fourth-order valence-electron chi connectivity index (χ4n) is 2.10. The van der Waals surface area contributed by atoms with Gasteiger partial charge in [-0.2, -0.15) is 0 Å². The van der Waals surface area contributed by atoms with E-state index in [-0.39, 0.29) is 11.3 Å².